The van der Waals surface area contributed by atoms with E-state index in [4.69, 9.17) is 5.73 Å². The Balaban J connectivity index is 3.13. The average molecular weight is 109 g/mol. The zero-order valence-electron chi connectivity index (χ0n) is 4.89. The van der Waals surface area contributed by atoms with Gasteiger partial charge in [-0.15, -0.1) is 0 Å². The highest BCUT2D eigenvalue weighted by Gasteiger charge is 1.84. The molecule has 0 spiro atoms. The van der Waals surface area contributed by atoms with Crippen molar-refractivity contribution in [3.05, 3.63) is 29.8 Å². The van der Waals surface area contributed by atoms with E-state index in [2.05, 4.69) is 0 Å². The van der Waals surface area contributed by atoms with E-state index in [9.17, 15) is 0 Å². The van der Waals surface area contributed by atoms with E-state index in [1.54, 1.807) is 0 Å². The van der Waals surface area contributed by atoms with Crippen molar-refractivity contribution in [2.45, 2.75) is 6.92 Å². The van der Waals surface area contributed by atoms with Crippen LogP contribution in [0.4, 0.5) is 5.69 Å². The summed E-state index contributed by atoms with van der Waals surface area (Å²) in [7, 11) is 0. The first-order chi connectivity index (χ1) is 3.80. The number of anilines is 1. The molecule has 0 aliphatic heterocycles. The molecule has 1 heteroatoms. The van der Waals surface area contributed by atoms with E-state index >= 15 is 0 Å². The lowest BCUT2D eigenvalue weighted by Gasteiger charge is -1.93. The molecule has 0 saturated carbocycles. The molecule has 0 bridgehead atoms. The van der Waals surface area contributed by atoms with E-state index in [0.717, 1.165) is 11.3 Å². The van der Waals surface area contributed by atoms with Crippen LogP contribution in [0.25, 0.3) is 0 Å². The molecule has 0 radical (unpaired) electrons. The van der Waals surface area contributed by atoms with Gasteiger partial charge < -0.3 is 5.73 Å². The summed E-state index contributed by atoms with van der Waals surface area (Å²) in [6.07, 6.45) is 0. The summed E-state index contributed by atoms with van der Waals surface area (Å²) in [5, 5.41) is 0. The number of hydrogen-bond donors (Lipinski definition) is 1. The second-order valence-electron chi connectivity index (χ2n) is 1.86. The van der Waals surface area contributed by atoms with Crippen LogP contribution in [-0.2, 0) is 0 Å². The van der Waals surface area contributed by atoms with Crippen molar-refractivity contribution in [2.75, 3.05) is 5.73 Å². The molecule has 0 amide bonds. The topological polar surface area (TPSA) is 26.0 Å². The molecule has 1 rings (SSSR count). The molecule has 0 heterocycles. The Morgan fingerprint density at radius 1 is 1.25 bits per heavy atom. The van der Waals surface area contributed by atoms with E-state index < -0.39 is 0 Å². The van der Waals surface area contributed by atoms with Crippen LogP contribution in [0.1, 0.15) is 5.56 Å². The third kappa shape index (κ3) is 0.808. The lowest BCUT2D eigenvalue weighted by Crippen LogP contribution is -1.85. The van der Waals surface area contributed by atoms with Gasteiger partial charge in [0.2, 0.25) is 0 Å². The number of benzene rings is 1. The van der Waals surface area contributed by atoms with Gasteiger partial charge in [-0.05, 0) is 18.6 Å². The summed E-state index contributed by atoms with van der Waals surface area (Å²) in [4.78, 5) is 0. The fraction of sp³-hybridized carbons (Fsp3) is 0.143. The molecule has 0 unspecified atom stereocenters. The van der Waals surface area contributed by atoms with Crippen LogP contribution < -0.4 is 5.73 Å². The Morgan fingerprint density at radius 3 is 2.25 bits per heavy atom. The van der Waals surface area contributed by atoms with Gasteiger partial charge in [-0.1, -0.05) is 18.2 Å². The van der Waals surface area contributed by atoms with Crippen LogP contribution >= 0.6 is 0 Å². The molecule has 0 aliphatic carbocycles. The Bertz CT molecular complexity index is 160. The number of nitrogens with two attached hydrogens (primary N) is 1. The van der Waals surface area contributed by atoms with Gasteiger partial charge in [0.1, 0.15) is 0 Å². The van der Waals surface area contributed by atoms with Crippen LogP contribution in [0.2, 0.25) is 0 Å². The minimum absolute atomic E-state index is 0.868. The number of nitrogen functional groups attached to an aromatic ring is 1. The third-order valence-corrected chi connectivity index (χ3v) is 1.19. The maximum atomic E-state index is 5.52. The quantitative estimate of drug-likeness (QED) is 0.503. The Labute approximate surface area is 49.1 Å². The fourth-order valence-corrected chi connectivity index (χ4v) is 0.587. The van der Waals surface area contributed by atoms with Gasteiger partial charge in [-0.25, -0.2) is 0 Å². The molecule has 2 N–H and O–H groups in total. The van der Waals surface area contributed by atoms with Gasteiger partial charge in [0.15, 0.2) is 0 Å². The zero-order chi connectivity index (χ0) is 5.98. The second kappa shape index (κ2) is 1.86. The van der Waals surface area contributed by atoms with Crippen molar-refractivity contribution in [2.24, 2.45) is 0 Å². The lowest BCUT2D eigenvalue weighted by molar-refractivity contribution is 1.47. The van der Waals surface area contributed by atoms with Gasteiger partial charge in [0.05, 0.1) is 0 Å². The monoisotopic (exact) mass is 109 g/mol. The molecular formula is C7H9N. The van der Waals surface area contributed by atoms with E-state index in [0.29, 0.717) is 0 Å². The van der Waals surface area contributed by atoms with Gasteiger partial charge in [-0.3, -0.25) is 0 Å². The first-order valence-electron chi connectivity index (χ1n) is 2.62. The van der Waals surface area contributed by atoms with Crippen molar-refractivity contribution in [3.8, 4) is 0 Å². The van der Waals surface area contributed by atoms with Crippen LogP contribution in [0.15, 0.2) is 24.3 Å². The molecule has 0 aromatic heterocycles. The molecule has 1 nitrogen and oxygen atoms in total. The number of hydrogen-bond acceptors (Lipinski definition) is 1. The average Bonchev–Trinajstić information content (AvgIpc) is 1.77. The highest BCUT2D eigenvalue weighted by atomic mass is 14.7. The van der Waals surface area contributed by atoms with Gasteiger partial charge in [-0.2, -0.15) is 0 Å². The fourth-order valence-electron chi connectivity index (χ4n) is 0.587. The number of para-hydroxylation sites is 1. The van der Waals surface area contributed by atoms with E-state index in [1.807, 2.05) is 31.2 Å². The molecule has 0 fully saturated rings. The molecule has 1 aromatic carbocycles. The standard InChI is InChI=1S/C7H9N/c1-6-4-2-3-5-7(6)8/h2-5H,8H2,1H3/i1+2. The van der Waals surface area contributed by atoms with E-state index in [-0.39, 0.29) is 0 Å². The zero-order valence-corrected chi connectivity index (χ0v) is 4.89. The largest absolute Gasteiger partial charge is 0.399 e. The molecular weight excluding hydrogens is 100 g/mol. The summed E-state index contributed by atoms with van der Waals surface area (Å²) in [6, 6.07) is 7.80. The van der Waals surface area contributed by atoms with Crippen molar-refractivity contribution in [1.29, 1.82) is 0 Å². The maximum Gasteiger partial charge on any atom is 0.0343 e. The maximum absolute atomic E-state index is 5.52. The molecule has 1 aromatic rings. The van der Waals surface area contributed by atoms with Crippen molar-refractivity contribution in [1.82, 2.24) is 0 Å². The predicted octanol–water partition coefficient (Wildman–Crippen LogP) is 1.58. The molecule has 0 saturated heterocycles. The third-order valence-electron chi connectivity index (χ3n) is 1.19. The van der Waals surface area contributed by atoms with Crippen LogP contribution in [-0.4, -0.2) is 0 Å². The molecule has 8 heavy (non-hydrogen) atoms. The Morgan fingerprint density at radius 2 is 1.88 bits per heavy atom. The van der Waals surface area contributed by atoms with Crippen molar-refractivity contribution in [3.63, 3.8) is 0 Å². The summed E-state index contributed by atoms with van der Waals surface area (Å²) < 4.78 is 0. The minimum atomic E-state index is 0.868. The molecule has 0 aliphatic rings. The van der Waals surface area contributed by atoms with E-state index in [1.165, 1.54) is 0 Å². The predicted molar refractivity (Wildman–Crippen MR) is 35.6 cm³/mol. The highest BCUT2D eigenvalue weighted by Crippen LogP contribution is 2.06. The van der Waals surface area contributed by atoms with Gasteiger partial charge in [0.25, 0.3) is 0 Å². The van der Waals surface area contributed by atoms with Crippen LogP contribution in [0, 0.1) is 6.92 Å². The SMILES string of the molecule is [14CH3]c1ccccc1N. The van der Waals surface area contributed by atoms with Gasteiger partial charge in [0, 0.05) is 5.69 Å². The Kier molecular flexibility index (Phi) is 1.20. The molecule has 0 atom stereocenters. The molecule has 42 valence electrons. The smallest absolute Gasteiger partial charge is 0.0343 e. The number of rotatable bonds is 0. The second-order valence-corrected chi connectivity index (χ2v) is 1.86. The summed E-state index contributed by atoms with van der Waals surface area (Å²) in [5.74, 6) is 0. The van der Waals surface area contributed by atoms with Crippen LogP contribution in [0.5, 0.6) is 0 Å². The minimum Gasteiger partial charge on any atom is -0.399 e. The first kappa shape index (κ1) is 5.16. The van der Waals surface area contributed by atoms with Crippen molar-refractivity contribution < 1.29 is 0 Å². The summed E-state index contributed by atoms with van der Waals surface area (Å²) >= 11 is 0. The number of aryl methyl sites for hydroxylation is 1. The lowest BCUT2D eigenvalue weighted by atomic mass is 10.3. The van der Waals surface area contributed by atoms with Crippen molar-refractivity contribution >= 4 is 5.69 Å². The first-order valence-corrected chi connectivity index (χ1v) is 2.62. The summed E-state index contributed by atoms with van der Waals surface area (Å²) in [5.41, 5.74) is 7.53. The highest BCUT2D eigenvalue weighted by molar-refractivity contribution is 5.44. The van der Waals surface area contributed by atoms with Crippen LogP contribution in [0.3, 0.4) is 0 Å². The van der Waals surface area contributed by atoms with Gasteiger partial charge >= 0.3 is 0 Å². The normalized spacial score (nSPS) is 9.12. The summed E-state index contributed by atoms with van der Waals surface area (Å²) in [6.45, 7) is 2.00. The Hall–Kier alpha value is -0.980.